The standard InChI is InChI=1S/C12H13N5OS/c1-9-6-10(7-13)2-3-11(9)8-19-12-14-15-16-17(12)4-5-18/h2-3,6,18H,4-5,8H2,1H3. The van der Waals surface area contributed by atoms with E-state index >= 15 is 0 Å². The van der Waals surface area contributed by atoms with Crippen LogP contribution in [0.3, 0.4) is 0 Å². The Morgan fingerprint density at radius 2 is 2.32 bits per heavy atom. The van der Waals surface area contributed by atoms with Crippen LogP contribution >= 0.6 is 11.8 Å². The number of aliphatic hydroxyl groups excluding tert-OH is 1. The molecule has 1 aromatic heterocycles. The molecule has 0 saturated carbocycles. The van der Waals surface area contributed by atoms with Crippen molar-refractivity contribution in [3.05, 3.63) is 34.9 Å². The molecule has 0 atom stereocenters. The maximum absolute atomic E-state index is 8.89. The summed E-state index contributed by atoms with van der Waals surface area (Å²) >= 11 is 1.51. The van der Waals surface area contributed by atoms with Crippen molar-refractivity contribution >= 4 is 11.8 Å². The minimum absolute atomic E-state index is 0.00843. The maximum atomic E-state index is 8.89. The van der Waals surface area contributed by atoms with Gasteiger partial charge >= 0.3 is 0 Å². The molecule has 0 amide bonds. The number of tetrazole rings is 1. The number of thioether (sulfide) groups is 1. The van der Waals surface area contributed by atoms with E-state index < -0.39 is 0 Å². The summed E-state index contributed by atoms with van der Waals surface area (Å²) in [6, 6.07) is 7.74. The summed E-state index contributed by atoms with van der Waals surface area (Å²) in [5.41, 5.74) is 2.88. The zero-order chi connectivity index (χ0) is 13.7. The van der Waals surface area contributed by atoms with E-state index in [1.165, 1.54) is 11.8 Å². The summed E-state index contributed by atoms with van der Waals surface area (Å²) in [6.07, 6.45) is 0. The van der Waals surface area contributed by atoms with Crippen LogP contribution in [0.25, 0.3) is 0 Å². The fourth-order valence-corrected chi connectivity index (χ4v) is 2.58. The Balaban J connectivity index is 2.06. The van der Waals surface area contributed by atoms with Gasteiger partial charge in [0.2, 0.25) is 5.16 Å². The van der Waals surface area contributed by atoms with Crippen molar-refractivity contribution in [3.63, 3.8) is 0 Å². The summed E-state index contributed by atoms with van der Waals surface area (Å²) < 4.78 is 1.57. The molecule has 0 fully saturated rings. The molecule has 1 heterocycles. The first-order chi connectivity index (χ1) is 9.24. The normalized spacial score (nSPS) is 10.4. The minimum Gasteiger partial charge on any atom is -0.394 e. The highest BCUT2D eigenvalue weighted by atomic mass is 32.2. The summed E-state index contributed by atoms with van der Waals surface area (Å²) in [6.45, 7) is 2.38. The highest BCUT2D eigenvalue weighted by molar-refractivity contribution is 7.98. The topological polar surface area (TPSA) is 87.6 Å². The highest BCUT2D eigenvalue weighted by Crippen LogP contribution is 2.22. The Kier molecular flexibility index (Phi) is 4.49. The lowest BCUT2D eigenvalue weighted by Crippen LogP contribution is -2.05. The van der Waals surface area contributed by atoms with Crippen LogP contribution in [0.15, 0.2) is 23.4 Å². The predicted molar refractivity (Wildman–Crippen MR) is 70.4 cm³/mol. The first-order valence-corrected chi connectivity index (χ1v) is 6.72. The Labute approximate surface area is 115 Å². The van der Waals surface area contributed by atoms with Crippen molar-refractivity contribution in [2.24, 2.45) is 0 Å². The van der Waals surface area contributed by atoms with E-state index in [4.69, 9.17) is 10.4 Å². The van der Waals surface area contributed by atoms with Gasteiger partial charge in [0.25, 0.3) is 0 Å². The number of nitriles is 1. The van der Waals surface area contributed by atoms with Crippen LogP contribution in [-0.4, -0.2) is 31.9 Å². The van der Waals surface area contributed by atoms with Gasteiger partial charge in [0.05, 0.1) is 24.8 Å². The second-order valence-electron chi connectivity index (χ2n) is 3.95. The van der Waals surface area contributed by atoms with Crippen LogP contribution < -0.4 is 0 Å². The molecule has 2 aromatic rings. The molecular formula is C12H13N5OS. The molecule has 1 N–H and O–H groups in total. The molecular weight excluding hydrogens is 262 g/mol. The molecule has 98 valence electrons. The fourth-order valence-electron chi connectivity index (χ4n) is 1.60. The predicted octanol–water partition coefficient (Wildman–Crippen LogP) is 1.14. The molecule has 2 rings (SSSR count). The smallest absolute Gasteiger partial charge is 0.209 e. The van der Waals surface area contributed by atoms with Gasteiger partial charge in [-0.25, -0.2) is 4.68 Å². The zero-order valence-electron chi connectivity index (χ0n) is 10.4. The number of aliphatic hydroxyl groups is 1. The van der Waals surface area contributed by atoms with E-state index in [1.54, 1.807) is 10.7 Å². The molecule has 7 heteroatoms. The average Bonchev–Trinajstić information content (AvgIpc) is 2.85. The number of hydrogen-bond acceptors (Lipinski definition) is 6. The number of hydrogen-bond donors (Lipinski definition) is 1. The van der Waals surface area contributed by atoms with Gasteiger partial charge in [0.1, 0.15) is 0 Å². The summed E-state index contributed by atoms with van der Waals surface area (Å²) in [7, 11) is 0. The number of rotatable bonds is 5. The third-order valence-electron chi connectivity index (χ3n) is 2.64. The highest BCUT2D eigenvalue weighted by Gasteiger charge is 2.08. The lowest BCUT2D eigenvalue weighted by atomic mass is 10.1. The van der Waals surface area contributed by atoms with Crippen molar-refractivity contribution in [1.82, 2.24) is 20.2 Å². The van der Waals surface area contributed by atoms with Crippen molar-refractivity contribution in [1.29, 1.82) is 5.26 Å². The van der Waals surface area contributed by atoms with Crippen LogP contribution in [-0.2, 0) is 12.3 Å². The van der Waals surface area contributed by atoms with E-state index in [0.29, 0.717) is 17.3 Å². The Morgan fingerprint density at radius 3 is 3.00 bits per heavy atom. The third-order valence-corrected chi connectivity index (χ3v) is 3.65. The summed E-state index contributed by atoms with van der Waals surface area (Å²) in [4.78, 5) is 0. The molecule has 19 heavy (non-hydrogen) atoms. The largest absolute Gasteiger partial charge is 0.394 e. The molecule has 0 saturated heterocycles. The monoisotopic (exact) mass is 275 g/mol. The van der Waals surface area contributed by atoms with E-state index in [-0.39, 0.29) is 6.61 Å². The van der Waals surface area contributed by atoms with Crippen LogP contribution in [0, 0.1) is 18.3 Å². The molecule has 0 aliphatic rings. The SMILES string of the molecule is Cc1cc(C#N)ccc1CSc1nnnn1CCO. The molecule has 0 bridgehead atoms. The van der Waals surface area contributed by atoms with Gasteiger partial charge < -0.3 is 5.11 Å². The van der Waals surface area contributed by atoms with Crippen molar-refractivity contribution < 1.29 is 5.11 Å². The van der Waals surface area contributed by atoms with Crippen molar-refractivity contribution in [2.45, 2.75) is 24.4 Å². The van der Waals surface area contributed by atoms with E-state index in [1.807, 2.05) is 19.1 Å². The van der Waals surface area contributed by atoms with Gasteiger partial charge in [-0.3, -0.25) is 0 Å². The van der Waals surface area contributed by atoms with Crippen molar-refractivity contribution in [3.8, 4) is 6.07 Å². The quantitative estimate of drug-likeness (QED) is 0.823. The number of aryl methyl sites for hydroxylation is 1. The van der Waals surface area contributed by atoms with Crippen LogP contribution in [0.4, 0.5) is 0 Å². The molecule has 0 spiro atoms. The Hall–Kier alpha value is -1.91. The third kappa shape index (κ3) is 3.30. The van der Waals surface area contributed by atoms with Gasteiger partial charge in [0.15, 0.2) is 0 Å². The van der Waals surface area contributed by atoms with Crippen molar-refractivity contribution in [2.75, 3.05) is 6.61 Å². The van der Waals surface area contributed by atoms with Gasteiger partial charge in [0, 0.05) is 5.75 Å². The van der Waals surface area contributed by atoms with Gasteiger partial charge in [-0.2, -0.15) is 5.26 Å². The molecule has 1 aromatic carbocycles. The number of aromatic nitrogens is 4. The summed E-state index contributed by atoms with van der Waals surface area (Å²) in [5.74, 6) is 0.726. The fraction of sp³-hybridized carbons (Fsp3) is 0.333. The molecule has 0 aliphatic carbocycles. The molecule has 0 unspecified atom stereocenters. The number of benzene rings is 1. The Morgan fingerprint density at radius 1 is 1.47 bits per heavy atom. The Bertz CT molecular complexity index is 604. The first kappa shape index (κ1) is 13.5. The summed E-state index contributed by atoms with van der Waals surface area (Å²) in [5, 5.41) is 29.7. The van der Waals surface area contributed by atoms with Gasteiger partial charge in [-0.1, -0.05) is 17.8 Å². The van der Waals surface area contributed by atoms with E-state index in [0.717, 1.165) is 16.9 Å². The average molecular weight is 275 g/mol. The molecule has 0 radical (unpaired) electrons. The molecule has 0 aliphatic heterocycles. The van der Waals surface area contributed by atoms with Gasteiger partial charge in [-0.05, 0) is 40.6 Å². The van der Waals surface area contributed by atoms with E-state index in [2.05, 4.69) is 21.6 Å². The van der Waals surface area contributed by atoms with Crippen LogP contribution in [0.5, 0.6) is 0 Å². The van der Waals surface area contributed by atoms with Crippen LogP contribution in [0.2, 0.25) is 0 Å². The van der Waals surface area contributed by atoms with Crippen LogP contribution in [0.1, 0.15) is 16.7 Å². The lowest BCUT2D eigenvalue weighted by molar-refractivity contribution is 0.262. The minimum atomic E-state index is 0.00843. The molecule has 6 nitrogen and oxygen atoms in total. The first-order valence-electron chi connectivity index (χ1n) is 5.74. The number of nitrogens with zero attached hydrogens (tertiary/aromatic N) is 5. The van der Waals surface area contributed by atoms with Gasteiger partial charge in [-0.15, -0.1) is 5.10 Å². The zero-order valence-corrected chi connectivity index (χ0v) is 11.3. The lowest BCUT2D eigenvalue weighted by Gasteiger charge is -2.06. The second-order valence-corrected chi connectivity index (χ2v) is 4.89. The second kappa shape index (κ2) is 6.31. The van der Waals surface area contributed by atoms with E-state index in [9.17, 15) is 0 Å². The maximum Gasteiger partial charge on any atom is 0.209 e.